The molecule has 0 saturated heterocycles. The Kier molecular flexibility index (Phi) is 3.81. The summed E-state index contributed by atoms with van der Waals surface area (Å²) in [5.74, 6) is -0.240. The zero-order chi connectivity index (χ0) is 14.0. The fourth-order valence-electron chi connectivity index (χ4n) is 1.92. The molecule has 0 aliphatic rings. The largest absolute Gasteiger partial charge is 0.389 e. The third-order valence-corrected chi connectivity index (χ3v) is 3.29. The summed E-state index contributed by atoms with van der Waals surface area (Å²) in [5.41, 5.74) is 9.60. The first-order valence-electron chi connectivity index (χ1n) is 5.92. The maximum absolute atomic E-state index is 13.6. The van der Waals surface area contributed by atoms with E-state index in [2.05, 4.69) is 5.32 Å². The van der Waals surface area contributed by atoms with Crippen LogP contribution in [0.1, 0.15) is 16.7 Å². The summed E-state index contributed by atoms with van der Waals surface area (Å²) >= 11 is 5.05. The molecule has 4 heteroatoms. The highest BCUT2D eigenvalue weighted by Crippen LogP contribution is 2.27. The maximum Gasteiger partial charge on any atom is 0.128 e. The van der Waals surface area contributed by atoms with Crippen molar-refractivity contribution in [1.29, 1.82) is 0 Å². The second kappa shape index (κ2) is 5.36. The standard InChI is InChI=1S/C15H15FN2S/c1-9-5-3-6-11(15(17)19)14(9)18-13-8-4-7-12(16)10(13)2/h3-8,18H,1-2H3,(H2,17,19). The van der Waals surface area contributed by atoms with E-state index in [1.165, 1.54) is 6.07 Å². The van der Waals surface area contributed by atoms with Crippen molar-refractivity contribution in [3.05, 3.63) is 58.9 Å². The summed E-state index contributed by atoms with van der Waals surface area (Å²) < 4.78 is 13.6. The van der Waals surface area contributed by atoms with Gasteiger partial charge < -0.3 is 11.1 Å². The molecule has 19 heavy (non-hydrogen) atoms. The van der Waals surface area contributed by atoms with Gasteiger partial charge in [-0.05, 0) is 37.6 Å². The molecule has 2 aromatic carbocycles. The third kappa shape index (κ3) is 2.74. The molecular weight excluding hydrogens is 259 g/mol. The average Bonchev–Trinajstić information content (AvgIpc) is 2.36. The third-order valence-electron chi connectivity index (χ3n) is 3.07. The predicted molar refractivity (Wildman–Crippen MR) is 81.5 cm³/mol. The SMILES string of the molecule is Cc1cccc(C(N)=S)c1Nc1cccc(F)c1C. The molecule has 0 bridgehead atoms. The van der Waals surface area contributed by atoms with Crippen LogP contribution in [-0.4, -0.2) is 4.99 Å². The number of aryl methyl sites for hydroxylation is 1. The number of thiocarbonyl (C=S) groups is 1. The highest BCUT2D eigenvalue weighted by atomic mass is 32.1. The molecule has 0 amide bonds. The Morgan fingerprint density at radius 1 is 1.16 bits per heavy atom. The molecule has 0 spiro atoms. The van der Waals surface area contributed by atoms with Crippen LogP contribution >= 0.6 is 12.2 Å². The summed E-state index contributed by atoms with van der Waals surface area (Å²) in [6.07, 6.45) is 0. The predicted octanol–water partition coefficient (Wildman–Crippen LogP) is 3.82. The lowest BCUT2D eigenvalue weighted by Gasteiger charge is -2.16. The van der Waals surface area contributed by atoms with E-state index in [0.717, 1.165) is 16.8 Å². The van der Waals surface area contributed by atoms with Crippen LogP contribution in [0.25, 0.3) is 0 Å². The number of anilines is 2. The Labute approximate surface area is 117 Å². The first-order valence-corrected chi connectivity index (χ1v) is 6.33. The van der Waals surface area contributed by atoms with E-state index in [-0.39, 0.29) is 5.82 Å². The molecular formula is C15H15FN2S. The summed E-state index contributed by atoms with van der Waals surface area (Å²) in [6, 6.07) is 10.6. The fraction of sp³-hybridized carbons (Fsp3) is 0.133. The van der Waals surface area contributed by atoms with E-state index in [0.29, 0.717) is 16.2 Å². The van der Waals surface area contributed by atoms with Crippen LogP contribution in [0.4, 0.5) is 15.8 Å². The Balaban J connectivity index is 2.49. The van der Waals surface area contributed by atoms with Crippen LogP contribution in [-0.2, 0) is 0 Å². The quantitative estimate of drug-likeness (QED) is 0.836. The van der Waals surface area contributed by atoms with Crippen molar-refractivity contribution in [3.63, 3.8) is 0 Å². The van der Waals surface area contributed by atoms with Crippen LogP contribution in [0.2, 0.25) is 0 Å². The molecule has 0 heterocycles. The van der Waals surface area contributed by atoms with Gasteiger partial charge >= 0.3 is 0 Å². The zero-order valence-electron chi connectivity index (χ0n) is 10.8. The molecule has 2 nitrogen and oxygen atoms in total. The number of nitrogens with two attached hydrogens (primary N) is 1. The van der Waals surface area contributed by atoms with Gasteiger partial charge in [-0.25, -0.2) is 4.39 Å². The molecule has 0 atom stereocenters. The van der Waals surface area contributed by atoms with Crippen molar-refractivity contribution in [3.8, 4) is 0 Å². The van der Waals surface area contributed by atoms with Crippen molar-refractivity contribution in [1.82, 2.24) is 0 Å². The molecule has 0 unspecified atom stereocenters. The average molecular weight is 274 g/mol. The minimum atomic E-state index is -0.240. The number of benzene rings is 2. The van der Waals surface area contributed by atoms with E-state index >= 15 is 0 Å². The second-order valence-corrected chi connectivity index (χ2v) is 4.84. The van der Waals surface area contributed by atoms with E-state index in [4.69, 9.17) is 18.0 Å². The van der Waals surface area contributed by atoms with Gasteiger partial charge in [0.05, 0.1) is 5.69 Å². The van der Waals surface area contributed by atoms with Gasteiger partial charge in [0.25, 0.3) is 0 Å². The summed E-state index contributed by atoms with van der Waals surface area (Å²) in [6.45, 7) is 3.69. The fourth-order valence-corrected chi connectivity index (χ4v) is 2.09. The van der Waals surface area contributed by atoms with Gasteiger partial charge in [0, 0.05) is 16.8 Å². The van der Waals surface area contributed by atoms with Crippen LogP contribution in [0.3, 0.4) is 0 Å². The lowest BCUT2D eigenvalue weighted by atomic mass is 10.1. The van der Waals surface area contributed by atoms with Gasteiger partial charge in [0.2, 0.25) is 0 Å². The molecule has 0 radical (unpaired) electrons. The van der Waals surface area contributed by atoms with Crippen molar-refractivity contribution < 1.29 is 4.39 Å². The van der Waals surface area contributed by atoms with E-state index < -0.39 is 0 Å². The summed E-state index contributed by atoms with van der Waals surface area (Å²) in [4.78, 5) is 0.320. The number of nitrogens with one attached hydrogen (secondary N) is 1. The Morgan fingerprint density at radius 3 is 2.53 bits per heavy atom. The van der Waals surface area contributed by atoms with Gasteiger partial charge in [0.1, 0.15) is 10.8 Å². The maximum atomic E-state index is 13.6. The summed E-state index contributed by atoms with van der Waals surface area (Å²) in [7, 11) is 0. The molecule has 0 fully saturated rings. The lowest BCUT2D eigenvalue weighted by molar-refractivity contribution is 0.619. The van der Waals surface area contributed by atoms with Gasteiger partial charge in [-0.15, -0.1) is 0 Å². The Bertz CT molecular complexity index is 638. The molecule has 0 aromatic heterocycles. The highest BCUT2D eigenvalue weighted by molar-refractivity contribution is 7.80. The first kappa shape index (κ1) is 13.5. The Morgan fingerprint density at radius 2 is 1.84 bits per heavy atom. The molecule has 0 aliphatic carbocycles. The number of halogens is 1. The molecule has 0 saturated carbocycles. The second-order valence-electron chi connectivity index (χ2n) is 4.40. The van der Waals surface area contributed by atoms with Gasteiger partial charge in [-0.1, -0.05) is 30.4 Å². The Hall–Kier alpha value is -1.94. The van der Waals surface area contributed by atoms with Crippen molar-refractivity contribution in [2.24, 2.45) is 5.73 Å². The first-order chi connectivity index (χ1) is 9.00. The minimum Gasteiger partial charge on any atom is -0.389 e. The van der Waals surface area contributed by atoms with Crippen molar-refractivity contribution in [2.75, 3.05) is 5.32 Å². The number of hydrogen-bond acceptors (Lipinski definition) is 2. The number of hydrogen-bond donors (Lipinski definition) is 2. The number of para-hydroxylation sites is 1. The monoisotopic (exact) mass is 274 g/mol. The topological polar surface area (TPSA) is 38.0 Å². The smallest absolute Gasteiger partial charge is 0.128 e. The molecule has 2 aromatic rings. The summed E-state index contributed by atoms with van der Waals surface area (Å²) in [5, 5.41) is 3.22. The van der Waals surface area contributed by atoms with E-state index in [9.17, 15) is 4.39 Å². The van der Waals surface area contributed by atoms with Gasteiger partial charge in [-0.2, -0.15) is 0 Å². The zero-order valence-corrected chi connectivity index (χ0v) is 11.6. The lowest BCUT2D eigenvalue weighted by Crippen LogP contribution is -2.13. The normalized spacial score (nSPS) is 10.3. The van der Waals surface area contributed by atoms with Crippen LogP contribution in [0, 0.1) is 19.7 Å². The van der Waals surface area contributed by atoms with E-state index in [1.54, 1.807) is 13.0 Å². The van der Waals surface area contributed by atoms with E-state index in [1.807, 2.05) is 31.2 Å². The molecule has 2 rings (SSSR count). The van der Waals surface area contributed by atoms with Gasteiger partial charge in [0.15, 0.2) is 0 Å². The van der Waals surface area contributed by atoms with Crippen molar-refractivity contribution >= 4 is 28.6 Å². The molecule has 98 valence electrons. The van der Waals surface area contributed by atoms with Gasteiger partial charge in [-0.3, -0.25) is 0 Å². The molecule has 0 aliphatic heterocycles. The number of rotatable bonds is 3. The highest BCUT2D eigenvalue weighted by Gasteiger charge is 2.10. The van der Waals surface area contributed by atoms with Crippen molar-refractivity contribution in [2.45, 2.75) is 13.8 Å². The van der Waals surface area contributed by atoms with Crippen LogP contribution < -0.4 is 11.1 Å². The van der Waals surface area contributed by atoms with Crippen LogP contribution in [0.15, 0.2) is 36.4 Å². The molecule has 3 N–H and O–H groups in total. The minimum absolute atomic E-state index is 0.240. The van der Waals surface area contributed by atoms with Crippen LogP contribution in [0.5, 0.6) is 0 Å².